The number of nitrogens with zero attached hydrogens (tertiary/aromatic N) is 1. The Bertz CT molecular complexity index is 553. The third-order valence-corrected chi connectivity index (χ3v) is 5.74. The van der Waals surface area contributed by atoms with E-state index in [9.17, 15) is 4.79 Å². The highest BCUT2D eigenvalue weighted by atomic mass is 32.1. The third kappa shape index (κ3) is 2.41. The highest BCUT2D eigenvalue weighted by Crippen LogP contribution is 2.40. The van der Waals surface area contributed by atoms with Gasteiger partial charge >= 0.3 is 0 Å². The van der Waals surface area contributed by atoms with E-state index in [1.165, 1.54) is 36.1 Å². The molecule has 2 aliphatic rings. The smallest absolute Gasteiger partial charge is 0.166 e. The van der Waals surface area contributed by atoms with Crippen LogP contribution in [0.3, 0.4) is 0 Å². The van der Waals surface area contributed by atoms with Gasteiger partial charge < -0.3 is 5.32 Å². The molecule has 2 aliphatic carbocycles. The van der Waals surface area contributed by atoms with Crippen LogP contribution in [-0.2, 0) is 6.42 Å². The van der Waals surface area contributed by atoms with Gasteiger partial charge in [-0.25, -0.2) is 0 Å². The van der Waals surface area contributed by atoms with E-state index < -0.39 is 0 Å². The van der Waals surface area contributed by atoms with Crippen molar-refractivity contribution < 1.29 is 4.79 Å². The van der Waals surface area contributed by atoms with E-state index in [2.05, 4.69) is 10.3 Å². The van der Waals surface area contributed by atoms with E-state index >= 15 is 0 Å². The number of anilines is 1. The fourth-order valence-electron chi connectivity index (χ4n) is 3.30. The van der Waals surface area contributed by atoms with E-state index in [1.807, 2.05) is 14.0 Å². The van der Waals surface area contributed by atoms with Gasteiger partial charge in [-0.15, -0.1) is 11.3 Å². The minimum atomic E-state index is 0.318. The predicted octanol–water partition coefficient (Wildman–Crippen LogP) is 4.06. The van der Waals surface area contributed by atoms with Crippen LogP contribution < -0.4 is 5.32 Å². The molecule has 3 nitrogen and oxygen atoms in total. The minimum absolute atomic E-state index is 0.318. The molecular formula is C16H22N2OS. The Morgan fingerprint density at radius 1 is 1.25 bits per heavy atom. The first-order valence-corrected chi connectivity index (χ1v) is 8.41. The molecule has 0 radical (unpaired) electrons. The molecule has 108 valence electrons. The van der Waals surface area contributed by atoms with Crippen LogP contribution in [0.1, 0.15) is 66.2 Å². The van der Waals surface area contributed by atoms with Gasteiger partial charge in [-0.05, 0) is 38.2 Å². The molecule has 0 amide bonds. The summed E-state index contributed by atoms with van der Waals surface area (Å²) < 4.78 is 0. The van der Waals surface area contributed by atoms with Crippen molar-refractivity contribution >= 4 is 27.8 Å². The van der Waals surface area contributed by atoms with Crippen LogP contribution in [0.5, 0.6) is 0 Å². The summed E-state index contributed by atoms with van der Waals surface area (Å²) in [5, 5.41) is 4.75. The molecule has 0 saturated heterocycles. The molecular weight excluding hydrogens is 268 g/mol. The summed E-state index contributed by atoms with van der Waals surface area (Å²) in [6.45, 7) is 2.05. The lowest BCUT2D eigenvalue weighted by molar-refractivity contribution is 0.0974. The Labute approximate surface area is 124 Å². The van der Waals surface area contributed by atoms with E-state index in [-0.39, 0.29) is 0 Å². The predicted molar refractivity (Wildman–Crippen MR) is 85.6 cm³/mol. The molecule has 20 heavy (non-hydrogen) atoms. The van der Waals surface area contributed by atoms with Crippen LogP contribution in [0.4, 0.5) is 5.00 Å². The molecule has 0 unspecified atom stereocenters. The molecule has 1 aromatic heterocycles. The summed E-state index contributed by atoms with van der Waals surface area (Å²) in [5.74, 6) is 0.318. The van der Waals surface area contributed by atoms with Crippen molar-refractivity contribution in [1.29, 1.82) is 0 Å². The maximum absolute atomic E-state index is 12.3. The first-order chi connectivity index (χ1) is 9.70. The van der Waals surface area contributed by atoms with E-state index in [1.54, 1.807) is 11.3 Å². The second-order valence-corrected chi connectivity index (χ2v) is 6.85. The van der Waals surface area contributed by atoms with Gasteiger partial charge in [0.2, 0.25) is 0 Å². The zero-order chi connectivity index (χ0) is 14.1. The third-order valence-electron chi connectivity index (χ3n) is 4.47. The number of carbonyl (C=O) groups excluding carboxylic acids is 1. The summed E-state index contributed by atoms with van der Waals surface area (Å²) in [6.07, 6.45) is 7.78. The van der Waals surface area contributed by atoms with Gasteiger partial charge in [-0.1, -0.05) is 12.8 Å². The number of nitrogens with one attached hydrogen (secondary N) is 1. The number of fused-ring (bicyclic) bond motifs is 1. The molecule has 0 aromatic carbocycles. The number of carbonyl (C=O) groups is 1. The van der Waals surface area contributed by atoms with Crippen molar-refractivity contribution in [2.24, 2.45) is 4.99 Å². The van der Waals surface area contributed by atoms with Crippen LogP contribution in [0.25, 0.3) is 0 Å². The van der Waals surface area contributed by atoms with Crippen LogP contribution >= 0.6 is 11.3 Å². The maximum atomic E-state index is 12.3. The summed E-state index contributed by atoms with van der Waals surface area (Å²) >= 11 is 1.74. The molecule has 1 saturated carbocycles. The molecule has 0 spiro atoms. The van der Waals surface area contributed by atoms with Crippen molar-refractivity contribution in [3.63, 3.8) is 0 Å². The first kappa shape index (κ1) is 13.8. The number of thiophene rings is 1. The topological polar surface area (TPSA) is 41.5 Å². The number of hydrogen-bond acceptors (Lipinski definition) is 4. The second-order valence-electron chi connectivity index (χ2n) is 5.83. The largest absolute Gasteiger partial charge is 0.374 e. The fraction of sp³-hybridized carbons (Fsp3) is 0.625. The molecule has 1 fully saturated rings. The van der Waals surface area contributed by atoms with Gasteiger partial charge in [0.05, 0.1) is 10.4 Å². The lowest BCUT2D eigenvalue weighted by atomic mass is 9.91. The Balaban J connectivity index is 2.00. The molecule has 1 N–H and O–H groups in total. The molecule has 1 aromatic rings. The average Bonchev–Trinajstić information content (AvgIpc) is 3.07. The number of rotatable bonds is 3. The summed E-state index contributed by atoms with van der Waals surface area (Å²) in [6, 6.07) is 0.555. The minimum Gasteiger partial charge on any atom is -0.374 e. The SMILES string of the molecule is CN=C(C)c1sc(NC2CCCC2)c2c1CCCC2=O. The van der Waals surface area contributed by atoms with Crippen molar-refractivity contribution in [3.8, 4) is 0 Å². The number of ketones is 1. The van der Waals surface area contributed by atoms with Crippen LogP contribution in [-0.4, -0.2) is 24.6 Å². The van der Waals surface area contributed by atoms with E-state index in [0.717, 1.165) is 29.1 Å². The molecule has 0 aliphatic heterocycles. The second kappa shape index (κ2) is 5.68. The van der Waals surface area contributed by atoms with Crippen LogP contribution in [0, 0.1) is 0 Å². The quantitative estimate of drug-likeness (QED) is 0.853. The monoisotopic (exact) mass is 290 g/mol. The van der Waals surface area contributed by atoms with Gasteiger partial charge in [0.1, 0.15) is 5.00 Å². The van der Waals surface area contributed by atoms with Crippen molar-refractivity contribution in [2.45, 2.75) is 57.9 Å². The highest BCUT2D eigenvalue weighted by molar-refractivity contribution is 7.18. The lowest BCUT2D eigenvalue weighted by Crippen LogP contribution is -2.17. The van der Waals surface area contributed by atoms with Crippen LogP contribution in [0.2, 0.25) is 0 Å². The summed E-state index contributed by atoms with van der Waals surface area (Å²) in [7, 11) is 1.83. The normalized spacial score (nSPS) is 20.3. The van der Waals surface area contributed by atoms with Crippen LogP contribution in [0.15, 0.2) is 4.99 Å². The average molecular weight is 290 g/mol. The highest BCUT2D eigenvalue weighted by Gasteiger charge is 2.29. The number of aliphatic imine (C=N–C) groups is 1. The Hall–Kier alpha value is -1.16. The van der Waals surface area contributed by atoms with Gasteiger partial charge in [0, 0.05) is 25.2 Å². The first-order valence-electron chi connectivity index (χ1n) is 7.60. The maximum Gasteiger partial charge on any atom is 0.166 e. The number of Topliss-reactive ketones (excluding diaryl/α,β-unsaturated/α-hetero) is 1. The Morgan fingerprint density at radius 3 is 2.70 bits per heavy atom. The van der Waals surface area contributed by atoms with Crippen molar-refractivity contribution in [2.75, 3.05) is 12.4 Å². The fourth-order valence-corrected chi connectivity index (χ4v) is 4.64. The lowest BCUT2D eigenvalue weighted by Gasteiger charge is -2.16. The molecule has 1 heterocycles. The van der Waals surface area contributed by atoms with Crippen molar-refractivity contribution in [3.05, 3.63) is 16.0 Å². The Morgan fingerprint density at radius 2 is 2.00 bits per heavy atom. The molecule has 0 bridgehead atoms. The van der Waals surface area contributed by atoms with Gasteiger partial charge in [-0.2, -0.15) is 0 Å². The van der Waals surface area contributed by atoms with E-state index in [0.29, 0.717) is 18.2 Å². The summed E-state index contributed by atoms with van der Waals surface area (Å²) in [4.78, 5) is 17.9. The molecule has 3 rings (SSSR count). The molecule has 4 heteroatoms. The van der Waals surface area contributed by atoms with Gasteiger partial charge in [-0.3, -0.25) is 9.79 Å². The van der Waals surface area contributed by atoms with Gasteiger partial charge in [0.25, 0.3) is 0 Å². The number of hydrogen-bond donors (Lipinski definition) is 1. The Kier molecular flexibility index (Phi) is 3.92. The standard InChI is InChI=1S/C16H22N2OS/c1-10(17-2)15-12-8-5-9-13(19)14(12)16(20-15)18-11-6-3-4-7-11/h11,18H,3-9H2,1-2H3. The summed E-state index contributed by atoms with van der Waals surface area (Å²) in [5.41, 5.74) is 3.28. The van der Waals surface area contributed by atoms with E-state index in [4.69, 9.17) is 0 Å². The zero-order valence-corrected chi connectivity index (χ0v) is 13.1. The van der Waals surface area contributed by atoms with Gasteiger partial charge in [0.15, 0.2) is 5.78 Å². The zero-order valence-electron chi connectivity index (χ0n) is 12.3. The van der Waals surface area contributed by atoms with Crippen molar-refractivity contribution in [1.82, 2.24) is 0 Å². The molecule has 0 atom stereocenters.